The molecule has 7 heteroatoms. The van der Waals surface area contributed by atoms with E-state index in [1.807, 2.05) is 24.3 Å². The van der Waals surface area contributed by atoms with Crippen LogP contribution in [0.5, 0.6) is 5.75 Å². The van der Waals surface area contributed by atoms with E-state index in [9.17, 15) is 14.4 Å². The number of nitrogens with zero attached hydrogens (tertiary/aromatic N) is 1. The van der Waals surface area contributed by atoms with Gasteiger partial charge in [0.2, 0.25) is 0 Å². The average Bonchev–Trinajstić information content (AvgIpc) is 3.26. The van der Waals surface area contributed by atoms with Crippen molar-refractivity contribution in [3.05, 3.63) is 54.1 Å². The van der Waals surface area contributed by atoms with Crippen molar-refractivity contribution in [1.82, 2.24) is 0 Å². The second-order valence-corrected chi connectivity index (χ2v) is 6.82. The topological polar surface area (TPSA) is 84.9 Å². The average molecular weight is 396 g/mol. The molecule has 29 heavy (non-hydrogen) atoms. The number of nitrogens with one attached hydrogen (secondary N) is 1. The molecule has 1 amide bonds. The van der Waals surface area contributed by atoms with E-state index in [0.29, 0.717) is 17.0 Å². The van der Waals surface area contributed by atoms with Gasteiger partial charge in [0.05, 0.1) is 0 Å². The summed E-state index contributed by atoms with van der Waals surface area (Å²) in [6.07, 6.45) is 2.41. The van der Waals surface area contributed by atoms with Gasteiger partial charge in [-0.25, -0.2) is 4.79 Å². The van der Waals surface area contributed by atoms with Gasteiger partial charge in [0.15, 0.2) is 19.0 Å². The number of carbonyl (C=O) groups is 3. The molecule has 0 radical (unpaired) electrons. The number of carbonyl (C=O) groups excluding carboxylic acids is 3. The Labute approximate surface area is 169 Å². The van der Waals surface area contributed by atoms with Gasteiger partial charge in [-0.05, 0) is 56.2 Å². The first-order valence-electron chi connectivity index (χ1n) is 9.55. The van der Waals surface area contributed by atoms with Crippen molar-refractivity contribution < 1.29 is 23.9 Å². The zero-order valence-electron chi connectivity index (χ0n) is 16.3. The standard InChI is InChI=1S/C22H24N2O5/c1-16(25)17-5-4-6-20(13-17)28-15-22(27)29-14-21(26)23-18-7-9-19(10-8-18)24-11-2-3-12-24/h4-10,13H,2-3,11-12,14-15H2,1H3,(H,23,26). The molecule has 2 aromatic carbocycles. The largest absolute Gasteiger partial charge is 0.482 e. The van der Waals surface area contributed by atoms with Crippen molar-refractivity contribution in [2.45, 2.75) is 19.8 Å². The molecule has 152 valence electrons. The Bertz CT molecular complexity index is 873. The Morgan fingerprint density at radius 2 is 1.72 bits per heavy atom. The Hall–Kier alpha value is -3.35. The van der Waals surface area contributed by atoms with Crippen LogP contribution in [0.15, 0.2) is 48.5 Å². The Morgan fingerprint density at radius 1 is 1.00 bits per heavy atom. The highest BCUT2D eigenvalue weighted by Crippen LogP contribution is 2.22. The van der Waals surface area contributed by atoms with Gasteiger partial charge < -0.3 is 19.7 Å². The Morgan fingerprint density at radius 3 is 2.41 bits per heavy atom. The first-order valence-corrected chi connectivity index (χ1v) is 9.55. The minimum Gasteiger partial charge on any atom is -0.482 e. The van der Waals surface area contributed by atoms with Crippen LogP contribution in [0.4, 0.5) is 11.4 Å². The van der Waals surface area contributed by atoms with Gasteiger partial charge in [-0.15, -0.1) is 0 Å². The fourth-order valence-electron chi connectivity index (χ4n) is 3.06. The van der Waals surface area contributed by atoms with Crippen molar-refractivity contribution in [3.63, 3.8) is 0 Å². The summed E-state index contributed by atoms with van der Waals surface area (Å²) in [6.45, 7) is 2.82. The van der Waals surface area contributed by atoms with E-state index in [1.165, 1.54) is 19.8 Å². The molecule has 0 aromatic heterocycles. The smallest absolute Gasteiger partial charge is 0.344 e. The number of hydrogen-bond donors (Lipinski definition) is 1. The molecule has 1 fully saturated rings. The van der Waals surface area contributed by atoms with Gasteiger partial charge in [-0.3, -0.25) is 9.59 Å². The number of hydrogen-bond acceptors (Lipinski definition) is 6. The monoisotopic (exact) mass is 396 g/mol. The zero-order valence-corrected chi connectivity index (χ0v) is 16.3. The molecule has 2 aromatic rings. The number of Topliss-reactive ketones (excluding diaryl/α,β-unsaturated/α-hetero) is 1. The van der Waals surface area contributed by atoms with Crippen LogP contribution in [-0.4, -0.2) is 44.0 Å². The van der Waals surface area contributed by atoms with Crippen molar-refractivity contribution in [3.8, 4) is 5.75 Å². The summed E-state index contributed by atoms with van der Waals surface area (Å²) in [4.78, 5) is 37.4. The van der Waals surface area contributed by atoms with E-state index in [0.717, 1.165) is 18.8 Å². The van der Waals surface area contributed by atoms with Crippen LogP contribution in [0.25, 0.3) is 0 Å². The molecule has 7 nitrogen and oxygen atoms in total. The molecule has 1 N–H and O–H groups in total. The number of benzene rings is 2. The lowest BCUT2D eigenvalue weighted by Gasteiger charge is -2.17. The van der Waals surface area contributed by atoms with Crippen molar-refractivity contribution in [1.29, 1.82) is 0 Å². The molecular formula is C22H24N2O5. The fraction of sp³-hybridized carbons (Fsp3) is 0.318. The molecular weight excluding hydrogens is 372 g/mol. The predicted molar refractivity (Wildman–Crippen MR) is 109 cm³/mol. The van der Waals surface area contributed by atoms with Gasteiger partial charge in [0.1, 0.15) is 5.75 Å². The van der Waals surface area contributed by atoms with E-state index >= 15 is 0 Å². The lowest BCUT2D eigenvalue weighted by molar-refractivity contribution is -0.149. The lowest BCUT2D eigenvalue weighted by Crippen LogP contribution is -2.23. The van der Waals surface area contributed by atoms with Crippen molar-refractivity contribution >= 4 is 29.0 Å². The molecule has 1 saturated heterocycles. The molecule has 0 bridgehead atoms. The number of esters is 1. The summed E-state index contributed by atoms with van der Waals surface area (Å²) in [5.41, 5.74) is 2.27. The summed E-state index contributed by atoms with van der Waals surface area (Å²) in [5.74, 6) is -0.802. The molecule has 1 aliphatic rings. The van der Waals surface area contributed by atoms with Gasteiger partial charge in [0, 0.05) is 30.0 Å². The van der Waals surface area contributed by atoms with Gasteiger partial charge in [0.25, 0.3) is 5.91 Å². The molecule has 0 saturated carbocycles. The van der Waals surface area contributed by atoms with Crippen LogP contribution in [0.2, 0.25) is 0 Å². The summed E-state index contributed by atoms with van der Waals surface area (Å²) >= 11 is 0. The van der Waals surface area contributed by atoms with Gasteiger partial charge in [-0.2, -0.15) is 0 Å². The van der Waals surface area contributed by atoms with Gasteiger partial charge >= 0.3 is 5.97 Å². The minimum atomic E-state index is -0.669. The lowest BCUT2D eigenvalue weighted by atomic mass is 10.1. The first-order chi connectivity index (χ1) is 14.0. The third-order valence-corrected chi connectivity index (χ3v) is 4.58. The molecule has 3 rings (SSSR count). The maximum atomic E-state index is 12.0. The number of amides is 1. The molecule has 1 heterocycles. The first kappa shape index (κ1) is 20.4. The zero-order chi connectivity index (χ0) is 20.6. The highest BCUT2D eigenvalue weighted by atomic mass is 16.6. The maximum absolute atomic E-state index is 12.0. The van der Waals surface area contributed by atoms with Crippen LogP contribution < -0.4 is 15.0 Å². The van der Waals surface area contributed by atoms with E-state index in [4.69, 9.17) is 9.47 Å². The normalized spacial score (nSPS) is 13.1. The minimum absolute atomic E-state index is 0.0943. The third kappa shape index (κ3) is 6.07. The number of rotatable bonds is 8. The van der Waals surface area contributed by atoms with Crippen LogP contribution in [0.3, 0.4) is 0 Å². The molecule has 0 unspecified atom stereocenters. The number of anilines is 2. The highest BCUT2D eigenvalue weighted by Gasteiger charge is 2.13. The van der Waals surface area contributed by atoms with Crippen LogP contribution in [-0.2, 0) is 14.3 Å². The van der Waals surface area contributed by atoms with Crippen molar-refractivity contribution in [2.75, 3.05) is 36.5 Å². The quantitative estimate of drug-likeness (QED) is 0.545. The van der Waals surface area contributed by atoms with E-state index in [-0.39, 0.29) is 12.4 Å². The SMILES string of the molecule is CC(=O)c1cccc(OCC(=O)OCC(=O)Nc2ccc(N3CCCC3)cc2)c1. The number of ether oxygens (including phenoxy) is 2. The van der Waals surface area contributed by atoms with Crippen LogP contribution in [0, 0.1) is 0 Å². The van der Waals surface area contributed by atoms with E-state index in [1.54, 1.807) is 24.3 Å². The van der Waals surface area contributed by atoms with E-state index in [2.05, 4.69) is 10.2 Å². The third-order valence-electron chi connectivity index (χ3n) is 4.58. The molecule has 0 aliphatic carbocycles. The predicted octanol–water partition coefficient (Wildman–Crippen LogP) is 3.05. The summed E-state index contributed by atoms with van der Waals surface area (Å²) in [5, 5.41) is 2.70. The number of ketones is 1. The fourth-order valence-corrected chi connectivity index (χ4v) is 3.06. The second kappa shape index (κ2) is 9.73. The summed E-state index contributed by atoms with van der Waals surface area (Å²) < 4.78 is 10.2. The Kier molecular flexibility index (Phi) is 6.84. The summed E-state index contributed by atoms with van der Waals surface area (Å²) in [6, 6.07) is 14.1. The van der Waals surface area contributed by atoms with E-state index < -0.39 is 18.5 Å². The molecule has 1 aliphatic heterocycles. The highest BCUT2D eigenvalue weighted by molar-refractivity contribution is 5.94. The Balaban J connectivity index is 1.40. The maximum Gasteiger partial charge on any atom is 0.344 e. The summed E-state index contributed by atoms with van der Waals surface area (Å²) in [7, 11) is 0. The van der Waals surface area contributed by atoms with Crippen molar-refractivity contribution in [2.24, 2.45) is 0 Å². The molecule has 0 spiro atoms. The molecule has 0 atom stereocenters. The van der Waals surface area contributed by atoms with Crippen LogP contribution in [0.1, 0.15) is 30.1 Å². The van der Waals surface area contributed by atoms with Crippen LogP contribution >= 0.6 is 0 Å². The van der Waals surface area contributed by atoms with Gasteiger partial charge in [-0.1, -0.05) is 12.1 Å². The second-order valence-electron chi connectivity index (χ2n) is 6.82.